The largest absolute Gasteiger partial charge is 0.399 e. The average Bonchev–Trinajstić information content (AvgIpc) is 2.37. The number of hydrogen-bond acceptors (Lipinski definition) is 1. The molecule has 0 amide bonds. The van der Waals surface area contributed by atoms with Gasteiger partial charge in [-0.15, -0.1) is 0 Å². The van der Waals surface area contributed by atoms with Gasteiger partial charge >= 0.3 is 0 Å². The summed E-state index contributed by atoms with van der Waals surface area (Å²) in [6, 6.07) is 16.7. The Morgan fingerprint density at radius 3 is 1.65 bits per heavy atom. The van der Waals surface area contributed by atoms with Crippen LogP contribution in [-0.4, -0.2) is 0 Å². The molecule has 0 heterocycles. The van der Waals surface area contributed by atoms with Crippen molar-refractivity contribution in [3.63, 3.8) is 0 Å². The lowest BCUT2D eigenvalue weighted by molar-refractivity contribution is 1.19. The monoisotopic (exact) mass is 227 g/mol. The van der Waals surface area contributed by atoms with Gasteiger partial charge in [0.25, 0.3) is 0 Å². The summed E-state index contributed by atoms with van der Waals surface area (Å²) in [4.78, 5) is 0. The predicted octanol–water partition coefficient (Wildman–Crippen LogP) is 4.19. The fraction of sp³-hybridized carbons (Fsp3) is 0.250. The number of nitrogen functional groups attached to an aromatic ring is 1. The van der Waals surface area contributed by atoms with Crippen LogP contribution in [0.4, 0.5) is 5.69 Å². The molecule has 0 saturated heterocycles. The standard InChI is InChI=1S/C14H15N.C2H6/c1-11-2-4-12(5-3-11)10-13-6-8-14(15)9-7-13;1-2/h2-9H,10,15H2,1H3;1-2H3. The zero-order valence-electron chi connectivity index (χ0n) is 10.9. The summed E-state index contributed by atoms with van der Waals surface area (Å²) in [5.41, 5.74) is 10.4. The molecule has 2 aromatic carbocycles. The summed E-state index contributed by atoms with van der Waals surface area (Å²) >= 11 is 0. The van der Waals surface area contributed by atoms with Gasteiger partial charge in [-0.2, -0.15) is 0 Å². The van der Waals surface area contributed by atoms with E-state index in [-0.39, 0.29) is 0 Å². The Labute approximate surface area is 104 Å². The summed E-state index contributed by atoms with van der Waals surface area (Å²) in [7, 11) is 0. The third-order valence-electron chi connectivity index (χ3n) is 2.51. The van der Waals surface area contributed by atoms with E-state index in [4.69, 9.17) is 5.73 Å². The van der Waals surface area contributed by atoms with E-state index in [0.29, 0.717) is 0 Å². The molecule has 1 heteroatoms. The van der Waals surface area contributed by atoms with Crippen LogP contribution in [0.25, 0.3) is 0 Å². The molecule has 0 radical (unpaired) electrons. The summed E-state index contributed by atoms with van der Waals surface area (Å²) < 4.78 is 0. The van der Waals surface area contributed by atoms with Crippen molar-refractivity contribution in [2.24, 2.45) is 0 Å². The van der Waals surface area contributed by atoms with Gasteiger partial charge in [-0.3, -0.25) is 0 Å². The third-order valence-corrected chi connectivity index (χ3v) is 2.51. The van der Waals surface area contributed by atoms with Gasteiger partial charge in [0.15, 0.2) is 0 Å². The molecule has 0 aromatic heterocycles. The third kappa shape index (κ3) is 4.31. The smallest absolute Gasteiger partial charge is 0.0314 e. The molecule has 0 aliphatic carbocycles. The fourth-order valence-corrected chi connectivity index (χ4v) is 1.58. The molecule has 0 unspecified atom stereocenters. The van der Waals surface area contributed by atoms with E-state index in [2.05, 4.69) is 43.3 Å². The second-order valence-electron chi connectivity index (χ2n) is 3.90. The fourth-order valence-electron chi connectivity index (χ4n) is 1.58. The molecule has 0 saturated carbocycles. The predicted molar refractivity (Wildman–Crippen MR) is 76.2 cm³/mol. The molecule has 2 N–H and O–H groups in total. The molecule has 0 aliphatic heterocycles. The first kappa shape index (κ1) is 13.3. The van der Waals surface area contributed by atoms with Crippen LogP contribution >= 0.6 is 0 Å². The molecule has 1 nitrogen and oxygen atoms in total. The van der Waals surface area contributed by atoms with Crippen molar-refractivity contribution in [3.05, 3.63) is 65.2 Å². The highest BCUT2D eigenvalue weighted by molar-refractivity contribution is 5.40. The minimum atomic E-state index is 0.822. The second-order valence-corrected chi connectivity index (χ2v) is 3.90. The lowest BCUT2D eigenvalue weighted by Gasteiger charge is -2.02. The average molecular weight is 227 g/mol. The van der Waals surface area contributed by atoms with Gasteiger partial charge in [0.1, 0.15) is 0 Å². The molecule has 0 fully saturated rings. The van der Waals surface area contributed by atoms with E-state index in [1.165, 1.54) is 16.7 Å². The second kappa shape index (κ2) is 6.74. The molecule has 90 valence electrons. The lowest BCUT2D eigenvalue weighted by Crippen LogP contribution is -1.89. The Bertz CT molecular complexity index is 383. The first-order valence-corrected chi connectivity index (χ1v) is 6.14. The quantitative estimate of drug-likeness (QED) is 0.765. The van der Waals surface area contributed by atoms with Crippen LogP contribution in [0.3, 0.4) is 0 Å². The van der Waals surface area contributed by atoms with E-state index in [9.17, 15) is 0 Å². The minimum Gasteiger partial charge on any atom is -0.399 e. The van der Waals surface area contributed by atoms with Crippen molar-refractivity contribution in [1.82, 2.24) is 0 Å². The SMILES string of the molecule is CC.Cc1ccc(Cc2ccc(N)cc2)cc1. The number of aryl methyl sites for hydroxylation is 1. The van der Waals surface area contributed by atoms with Crippen LogP contribution in [0, 0.1) is 6.92 Å². The van der Waals surface area contributed by atoms with E-state index in [0.717, 1.165) is 12.1 Å². The van der Waals surface area contributed by atoms with Crippen LogP contribution in [0.5, 0.6) is 0 Å². The number of anilines is 1. The van der Waals surface area contributed by atoms with E-state index >= 15 is 0 Å². The molecule has 2 rings (SSSR count). The maximum Gasteiger partial charge on any atom is 0.0314 e. The Morgan fingerprint density at radius 2 is 1.18 bits per heavy atom. The number of nitrogens with two attached hydrogens (primary N) is 1. The first-order valence-electron chi connectivity index (χ1n) is 6.14. The Morgan fingerprint density at radius 1 is 0.765 bits per heavy atom. The lowest BCUT2D eigenvalue weighted by atomic mass is 10.0. The molecule has 17 heavy (non-hydrogen) atoms. The summed E-state index contributed by atoms with van der Waals surface area (Å²) in [5, 5.41) is 0. The Kier molecular flexibility index (Phi) is 5.28. The minimum absolute atomic E-state index is 0.822. The zero-order chi connectivity index (χ0) is 12.7. The molecule has 2 aromatic rings. The number of benzene rings is 2. The van der Waals surface area contributed by atoms with Crippen LogP contribution < -0.4 is 5.73 Å². The van der Waals surface area contributed by atoms with Crippen molar-refractivity contribution < 1.29 is 0 Å². The van der Waals surface area contributed by atoms with Crippen molar-refractivity contribution in [1.29, 1.82) is 0 Å². The summed E-state index contributed by atoms with van der Waals surface area (Å²) in [6.07, 6.45) is 0.973. The van der Waals surface area contributed by atoms with Gasteiger partial charge in [0.2, 0.25) is 0 Å². The van der Waals surface area contributed by atoms with Gasteiger partial charge in [-0.1, -0.05) is 55.8 Å². The van der Waals surface area contributed by atoms with Gasteiger partial charge in [0.05, 0.1) is 0 Å². The van der Waals surface area contributed by atoms with Crippen LogP contribution in [0.2, 0.25) is 0 Å². The Balaban J connectivity index is 0.000000686. The molecule has 0 bridgehead atoms. The van der Waals surface area contributed by atoms with E-state index in [1.807, 2.05) is 26.0 Å². The molecule has 0 spiro atoms. The number of rotatable bonds is 2. The van der Waals surface area contributed by atoms with Gasteiger partial charge in [0, 0.05) is 5.69 Å². The first-order chi connectivity index (χ1) is 8.24. The highest BCUT2D eigenvalue weighted by Gasteiger charge is 1.95. The molecular formula is C16H21N. The van der Waals surface area contributed by atoms with Crippen molar-refractivity contribution in [2.45, 2.75) is 27.2 Å². The maximum absolute atomic E-state index is 5.64. The maximum atomic E-state index is 5.64. The Hall–Kier alpha value is -1.76. The van der Waals surface area contributed by atoms with Crippen molar-refractivity contribution >= 4 is 5.69 Å². The normalized spacial score (nSPS) is 9.35. The van der Waals surface area contributed by atoms with Gasteiger partial charge in [-0.05, 0) is 36.6 Å². The molecule has 0 aliphatic rings. The molecular weight excluding hydrogens is 206 g/mol. The van der Waals surface area contributed by atoms with E-state index in [1.54, 1.807) is 0 Å². The van der Waals surface area contributed by atoms with Crippen LogP contribution in [0.15, 0.2) is 48.5 Å². The topological polar surface area (TPSA) is 26.0 Å². The molecule has 0 atom stereocenters. The van der Waals surface area contributed by atoms with Crippen molar-refractivity contribution in [3.8, 4) is 0 Å². The highest BCUT2D eigenvalue weighted by atomic mass is 14.5. The highest BCUT2D eigenvalue weighted by Crippen LogP contribution is 2.12. The van der Waals surface area contributed by atoms with Gasteiger partial charge < -0.3 is 5.73 Å². The number of hydrogen-bond donors (Lipinski definition) is 1. The van der Waals surface area contributed by atoms with Gasteiger partial charge in [-0.25, -0.2) is 0 Å². The summed E-state index contributed by atoms with van der Waals surface area (Å²) in [6.45, 7) is 6.10. The van der Waals surface area contributed by atoms with Crippen LogP contribution in [0.1, 0.15) is 30.5 Å². The summed E-state index contributed by atoms with van der Waals surface area (Å²) in [5.74, 6) is 0. The van der Waals surface area contributed by atoms with Crippen molar-refractivity contribution in [2.75, 3.05) is 5.73 Å². The zero-order valence-corrected chi connectivity index (χ0v) is 10.9. The van der Waals surface area contributed by atoms with Crippen LogP contribution in [-0.2, 0) is 6.42 Å². The van der Waals surface area contributed by atoms with E-state index < -0.39 is 0 Å².